The van der Waals surface area contributed by atoms with Crippen molar-refractivity contribution < 1.29 is 0 Å². The number of fused-ring (bicyclic) bond motifs is 3. The maximum absolute atomic E-state index is 2.30. The summed E-state index contributed by atoms with van der Waals surface area (Å²) in [4.78, 5) is 2.30. The van der Waals surface area contributed by atoms with Gasteiger partial charge in [0.25, 0.3) is 0 Å². The molecule has 1 heterocycles. The van der Waals surface area contributed by atoms with Crippen LogP contribution in [0, 0.1) is 6.92 Å². The Balaban J connectivity index is 1.94. The van der Waals surface area contributed by atoms with E-state index in [0.717, 1.165) is 0 Å². The number of nitrogens with zero attached hydrogens (tertiary/aromatic N) is 1. The van der Waals surface area contributed by atoms with Crippen LogP contribution in [0.5, 0.6) is 0 Å². The molecule has 25 heavy (non-hydrogen) atoms. The number of aryl methyl sites for hydroxylation is 1. The highest BCUT2D eigenvalue weighted by molar-refractivity contribution is 7.26. The van der Waals surface area contributed by atoms with E-state index >= 15 is 0 Å². The first-order valence-electron chi connectivity index (χ1n) is 8.81. The lowest BCUT2D eigenvalue weighted by Gasteiger charge is -2.20. The normalized spacial score (nSPS) is 11.6. The molecule has 2 heteroatoms. The summed E-state index contributed by atoms with van der Waals surface area (Å²) in [5.74, 6) is 0.537. The van der Waals surface area contributed by atoms with E-state index in [2.05, 4.69) is 93.4 Å². The molecule has 0 aliphatic carbocycles. The van der Waals surface area contributed by atoms with Crippen LogP contribution in [0.3, 0.4) is 0 Å². The second-order valence-corrected chi connectivity index (χ2v) is 8.05. The van der Waals surface area contributed by atoms with E-state index in [0.29, 0.717) is 5.92 Å². The summed E-state index contributed by atoms with van der Waals surface area (Å²) in [6.07, 6.45) is 0. The van der Waals surface area contributed by atoms with E-state index in [1.165, 1.54) is 42.7 Å². The molecule has 0 saturated heterocycles. The Kier molecular flexibility index (Phi) is 4.01. The van der Waals surface area contributed by atoms with Gasteiger partial charge in [-0.3, -0.25) is 0 Å². The van der Waals surface area contributed by atoms with E-state index < -0.39 is 0 Å². The quantitative estimate of drug-likeness (QED) is 0.378. The lowest BCUT2D eigenvalue weighted by Crippen LogP contribution is -2.09. The van der Waals surface area contributed by atoms with Gasteiger partial charge in [0.1, 0.15) is 0 Å². The number of thiophene rings is 1. The van der Waals surface area contributed by atoms with Crippen LogP contribution in [0.1, 0.15) is 30.9 Å². The molecule has 1 nitrogen and oxygen atoms in total. The minimum atomic E-state index is 0.537. The lowest BCUT2D eigenvalue weighted by atomic mass is 10.0. The first-order valence-corrected chi connectivity index (χ1v) is 9.62. The zero-order valence-electron chi connectivity index (χ0n) is 15.2. The molecule has 0 aliphatic rings. The summed E-state index contributed by atoms with van der Waals surface area (Å²) in [7, 11) is 2.16. The molecular formula is C23H23NS. The van der Waals surface area contributed by atoms with Crippen LogP contribution in [-0.4, -0.2) is 7.05 Å². The van der Waals surface area contributed by atoms with Crippen molar-refractivity contribution in [2.24, 2.45) is 0 Å². The third-order valence-corrected chi connectivity index (χ3v) is 6.23. The zero-order chi connectivity index (χ0) is 17.6. The second kappa shape index (κ2) is 6.20. The number of hydrogen-bond acceptors (Lipinski definition) is 2. The molecule has 3 aromatic carbocycles. The van der Waals surface area contributed by atoms with Crippen LogP contribution in [-0.2, 0) is 0 Å². The molecule has 0 spiro atoms. The fourth-order valence-corrected chi connectivity index (χ4v) is 4.96. The predicted octanol–water partition coefficient (Wildman–Crippen LogP) is 7.25. The highest BCUT2D eigenvalue weighted by Gasteiger charge is 2.15. The molecule has 0 aliphatic heterocycles. The summed E-state index contributed by atoms with van der Waals surface area (Å²) in [6.45, 7) is 6.68. The molecule has 1 aromatic heterocycles. The van der Waals surface area contributed by atoms with Gasteiger partial charge in [0.2, 0.25) is 0 Å². The van der Waals surface area contributed by atoms with Crippen molar-refractivity contribution in [3.05, 3.63) is 71.8 Å². The van der Waals surface area contributed by atoms with E-state index in [1.54, 1.807) is 0 Å². The minimum absolute atomic E-state index is 0.537. The highest BCUT2D eigenvalue weighted by atomic mass is 32.1. The number of rotatable bonds is 3. The molecular weight excluding hydrogens is 322 g/mol. The Bertz CT molecular complexity index is 1040. The molecule has 0 atom stereocenters. The van der Waals surface area contributed by atoms with Gasteiger partial charge in [0, 0.05) is 28.2 Å². The van der Waals surface area contributed by atoms with Crippen LogP contribution in [0.15, 0.2) is 60.7 Å². The van der Waals surface area contributed by atoms with Crippen molar-refractivity contribution in [2.45, 2.75) is 26.7 Å². The molecule has 0 fully saturated rings. The maximum Gasteiger partial charge on any atom is 0.0592 e. The van der Waals surface area contributed by atoms with E-state index in [4.69, 9.17) is 0 Å². The SMILES string of the molecule is Cc1ccc(N(C)c2cccc3c2sc2c(C(C)C)cccc23)cc1. The van der Waals surface area contributed by atoms with E-state index in [-0.39, 0.29) is 0 Å². The van der Waals surface area contributed by atoms with Crippen molar-refractivity contribution in [2.75, 3.05) is 11.9 Å². The Morgan fingerprint density at radius 1 is 0.800 bits per heavy atom. The van der Waals surface area contributed by atoms with Crippen molar-refractivity contribution in [3.63, 3.8) is 0 Å². The smallest absolute Gasteiger partial charge is 0.0592 e. The topological polar surface area (TPSA) is 3.24 Å². The molecule has 0 radical (unpaired) electrons. The zero-order valence-corrected chi connectivity index (χ0v) is 16.0. The minimum Gasteiger partial charge on any atom is -0.343 e. The van der Waals surface area contributed by atoms with Crippen LogP contribution in [0.25, 0.3) is 20.2 Å². The molecule has 0 N–H and O–H groups in total. The summed E-state index contributed by atoms with van der Waals surface area (Å²) < 4.78 is 2.80. The summed E-state index contributed by atoms with van der Waals surface area (Å²) in [5, 5.41) is 2.74. The Morgan fingerprint density at radius 3 is 2.12 bits per heavy atom. The third kappa shape index (κ3) is 2.71. The Hall–Kier alpha value is -2.32. The molecule has 0 unspecified atom stereocenters. The summed E-state index contributed by atoms with van der Waals surface area (Å²) >= 11 is 1.93. The number of benzene rings is 3. The van der Waals surface area contributed by atoms with Gasteiger partial charge < -0.3 is 4.90 Å². The van der Waals surface area contributed by atoms with Gasteiger partial charge in [0.15, 0.2) is 0 Å². The van der Waals surface area contributed by atoms with E-state index in [1.807, 2.05) is 11.3 Å². The highest BCUT2D eigenvalue weighted by Crippen LogP contribution is 2.43. The lowest BCUT2D eigenvalue weighted by molar-refractivity contribution is 0.878. The maximum atomic E-state index is 2.30. The Labute approximate surface area is 153 Å². The fourth-order valence-electron chi connectivity index (χ4n) is 3.45. The van der Waals surface area contributed by atoms with Gasteiger partial charge >= 0.3 is 0 Å². The first kappa shape index (κ1) is 16.2. The van der Waals surface area contributed by atoms with Crippen LogP contribution < -0.4 is 4.90 Å². The van der Waals surface area contributed by atoms with Gasteiger partial charge in [-0.05, 0) is 36.6 Å². The van der Waals surface area contributed by atoms with Crippen LogP contribution in [0.2, 0.25) is 0 Å². The van der Waals surface area contributed by atoms with Crippen molar-refractivity contribution in [3.8, 4) is 0 Å². The molecule has 0 amide bonds. The third-order valence-electron chi connectivity index (χ3n) is 4.94. The molecule has 0 bridgehead atoms. The van der Waals surface area contributed by atoms with Crippen molar-refractivity contribution in [1.82, 2.24) is 0 Å². The van der Waals surface area contributed by atoms with Gasteiger partial charge in [-0.15, -0.1) is 11.3 Å². The first-order chi connectivity index (χ1) is 12.1. The average molecular weight is 346 g/mol. The molecule has 4 rings (SSSR count). The Morgan fingerprint density at radius 2 is 1.44 bits per heavy atom. The standard InChI is InChI=1S/C23H23NS/c1-15(2)18-7-5-8-19-20-9-6-10-21(23(20)25-22(18)19)24(4)17-13-11-16(3)12-14-17/h5-15H,1-4H3. The molecule has 4 aromatic rings. The van der Waals surface area contributed by atoms with Crippen molar-refractivity contribution >= 4 is 42.9 Å². The molecule has 126 valence electrons. The second-order valence-electron chi connectivity index (χ2n) is 7.03. The van der Waals surface area contributed by atoms with Crippen LogP contribution in [0.4, 0.5) is 11.4 Å². The van der Waals surface area contributed by atoms with Gasteiger partial charge in [-0.2, -0.15) is 0 Å². The largest absolute Gasteiger partial charge is 0.343 e. The van der Waals surface area contributed by atoms with Gasteiger partial charge in [-0.25, -0.2) is 0 Å². The van der Waals surface area contributed by atoms with Gasteiger partial charge in [-0.1, -0.05) is 61.9 Å². The molecule has 0 saturated carbocycles. The average Bonchev–Trinajstić information content (AvgIpc) is 3.00. The van der Waals surface area contributed by atoms with Gasteiger partial charge in [0.05, 0.1) is 10.4 Å². The van der Waals surface area contributed by atoms with Crippen molar-refractivity contribution in [1.29, 1.82) is 0 Å². The number of hydrogen-bond donors (Lipinski definition) is 0. The predicted molar refractivity (Wildman–Crippen MR) is 113 cm³/mol. The fraction of sp³-hybridized carbons (Fsp3) is 0.217. The monoisotopic (exact) mass is 345 g/mol. The number of anilines is 2. The summed E-state index contributed by atoms with van der Waals surface area (Å²) in [6, 6.07) is 22.1. The van der Waals surface area contributed by atoms with E-state index in [9.17, 15) is 0 Å². The van der Waals surface area contributed by atoms with Crippen LogP contribution >= 0.6 is 11.3 Å². The summed E-state index contributed by atoms with van der Waals surface area (Å²) in [5.41, 5.74) is 5.23.